The van der Waals surface area contributed by atoms with Gasteiger partial charge in [-0.05, 0) is 61.4 Å². The molecule has 0 aromatic carbocycles. The molecule has 6 nitrogen and oxygen atoms in total. The number of halogens is 1. The Hall–Kier alpha value is -1.41. The summed E-state index contributed by atoms with van der Waals surface area (Å²) in [7, 11) is 1.98. The van der Waals surface area contributed by atoms with E-state index in [4.69, 9.17) is 12.2 Å². The smallest absolute Gasteiger partial charge is 0.169 e. The lowest BCUT2D eigenvalue weighted by Gasteiger charge is -2.20. The quantitative estimate of drug-likeness (QED) is 0.559. The van der Waals surface area contributed by atoms with Crippen LogP contribution in [0, 0.1) is 13.8 Å². The number of aryl methyl sites for hydroxylation is 4. The number of hydrogen-bond donors (Lipinski definition) is 1. The van der Waals surface area contributed by atoms with Gasteiger partial charge in [0.1, 0.15) is 0 Å². The van der Waals surface area contributed by atoms with Crippen molar-refractivity contribution in [2.45, 2.75) is 46.8 Å². The molecule has 132 valence electrons. The minimum absolute atomic E-state index is 0.677. The van der Waals surface area contributed by atoms with E-state index in [9.17, 15) is 0 Å². The Morgan fingerprint density at radius 2 is 2.12 bits per heavy atom. The lowest BCUT2D eigenvalue weighted by molar-refractivity contribution is 0.469. The van der Waals surface area contributed by atoms with Crippen molar-refractivity contribution in [3.05, 3.63) is 33.8 Å². The van der Waals surface area contributed by atoms with Crippen molar-refractivity contribution >= 4 is 33.3 Å². The molecule has 0 fully saturated rings. The predicted octanol–water partition coefficient (Wildman–Crippen LogP) is 2.88. The Kier molecular flexibility index (Phi) is 6.79. The summed E-state index contributed by atoms with van der Waals surface area (Å²) < 4.78 is 4.97. The number of hydrogen-bond acceptors (Lipinski definition) is 3. The second-order valence-corrected chi connectivity index (χ2v) is 7.11. The molecular formula is C16H25BrN6S. The second-order valence-electron chi connectivity index (χ2n) is 5.87. The molecule has 0 saturated heterocycles. The summed E-state index contributed by atoms with van der Waals surface area (Å²) in [5.74, 6) is 0. The van der Waals surface area contributed by atoms with Crippen molar-refractivity contribution in [3.63, 3.8) is 0 Å². The summed E-state index contributed by atoms with van der Waals surface area (Å²) >= 11 is 9.01. The van der Waals surface area contributed by atoms with Gasteiger partial charge < -0.3 is 10.2 Å². The van der Waals surface area contributed by atoms with Gasteiger partial charge in [0.2, 0.25) is 0 Å². The van der Waals surface area contributed by atoms with Crippen LogP contribution in [-0.2, 0) is 19.6 Å². The van der Waals surface area contributed by atoms with Crippen LogP contribution in [0.25, 0.3) is 0 Å². The van der Waals surface area contributed by atoms with Crippen LogP contribution in [0.15, 0.2) is 16.7 Å². The highest BCUT2D eigenvalue weighted by molar-refractivity contribution is 9.10. The van der Waals surface area contributed by atoms with Crippen molar-refractivity contribution < 1.29 is 0 Å². The van der Waals surface area contributed by atoms with Crippen LogP contribution in [-0.4, -0.2) is 43.2 Å². The molecule has 0 radical (unpaired) electrons. The molecule has 0 saturated carbocycles. The lowest BCUT2D eigenvalue weighted by Crippen LogP contribution is -2.37. The zero-order valence-electron chi connectivity index (χ0n) is 14.7. The van der Waals surface area contributed by atoms with Crippen LogP contribution in [0.4, 0.5) is 0 Å². The highest BCUT2D eigenvalue weighted by Crippen LogP contribution is 2.16. The first-order chi connectivity index (χ1) is 11.4. The van der Waals surface area contributed by atoms with E-state index in [1.54, 1.807) is 0 Å². The van der Waals surface area contributed by atoms with E-state index in [-0.39, 0.29) is 0 Å². The molecule has 2 heterocycles. The third-order valence-corrected chi connectivity index (χ3v) is 4.89. The maximum atomic E-state index is 5.46. The van der Waals surface area contributed by atoms with E-state index in [0.717, 1.165) is 47.0 Å². The first-order valence-corrected chi connectivity index (χ1v) is 9.32. The zero-order valence-corrected chi connectivity index (χ0v) is 17.1. The van der Waals surface area contributed by atoms with Crippen molar-refractivity contribution in [1.29, 1.82) is 0 Å². The van der Waals surface area contributed by atoms with E-state index < -0.39 is 0 Å². The van der Waals surface area contributed by atoms with Crippen LogP contribution >= 0.6 is 28.1 Å². The molecule has 1 N–H and O–H groups in total. The van der Waals surface area contributed by atoms with Gasteiger partial charge >= 0.3 is 0 Å². The Balaban J connectivity index is 1.75. The number of nitrogens with zero attached hydrogens (tertiary/aromatic N) is 5. The fraction of sp³-hybridized carbons (Fsp3) is 0.562. The summed E-state index contributed by atoms with van der Waals surface area (Å²) in [4.78, 5) is 2.01. The predicted molar refractivity (Wildman–Crippen MR) is 104 cm³/mol. The van der Waals surface area contributed by atoms with Gasteiger partial charge in [-0.15, -0.1) is 0 Å². The van der Waals surface area contributed by atoms with E-state index in [1.165, 1.54) is 5.69 Å². The van der Waals surface area contributed by atoms with E-state index in [1.807, 2.05) is 34.4 Å². The van der Waals surface area contributed by atoms with Gasteiger partial charge in [-0.25, -0.2) is 0 Å². The third-order valence-electron chi connectivity index (χ3n) is 3.77. The first kappa shape index (κ1) is 18.9. The molecule has 2 aromatic rings. The minimum atomic E-state index is 0.677. The second kappa shape index (κ2) is 8.62. The molecular weight excluding hydrogens is 388 g/mol. The van der Waals surface area contributed by atoms with Gasteiger partial charge in [-0.3, -0.25) is 9.36 Å². The van der Waals surface area contributed by atoms with Crippen molar-refractivity contribution in [1.82, 2.24) is 29.8 Å². The maximum Gasteiger partial charge on any atom is 0.169 e. The zero-order chi connectivity index (χ0) is 17.7. The molecule has 2 aromatic heterocycles. The van der Waals surface area contributed by atoms with Gasteiger partial charge in [0, 0.05) is 38.6 Å². The summed E-state index contributed by atoms with van der Waals surface area (Å²) in [6.45, 7) is 9.43. The SMILES string of the molecule is CCn1cc(Br)c(CN(C)C(=S)NCCCn2nc(C)cc2C)n1. The largest absolute Gasteiger partial charge is 0.362 e. The van der Waals surface area contributed by atoms with Crippen LogP contribution in [0.3, 0.4) is 0 Å². The normalized spacial score (nSPS) is 10.9. The van der Waals surface area contributed by atoms with Crippen molar-refractivity contribution in [2.75, 3.05) is 13.6 Å². The highest BCUT2D eigenvalue weighted by Gasteiger charge is 2.11. The molecule has 0 amide bonds. The fourth-order valence-corrected chi connectivity index (χ4v) is 3.07. The average Bonchev–Trinajstić information content (AvgIpc) is 3.05. The molecule has 0 aliphatic carbocycles. The van der Waals surface area contributed by atoms with E-state index in [0.29, 0.717) is 6.54 Å². The molecule has 24 heavy (non-hydrogen) atoms. The number of rotatable bonds is 7. The van der Waals surface area contributed by atoms with Crippen LogP contribution in [0.1, 0.15) is 30.4 Å². The Morgan fingerprint density at radius 1 is 1.38 bits per heavy atom. The third kappa shape index (κ3) is 5.04. The summed E-state index contributed by atoms with van der Waals surface area (Å²) in [5, 5.41) is 13.0. The number of nitrogens with one attached hydrogen (secondary N) is 1. The number of thiocarbonyl (C=S) groups is 1. The van der Waals surface area contributed by atoms with Crippen LogP contribution in [0.5, 0.6) is 0 Å². The van der Waals surface area contributed by atoms with Gasteiger partial charge in [0.05, 0.1) is 22.4 Å². The van der Waals surface area contributed by atoms with Gasteiger partial charge in [0.15, 0.2) is 5.11 Å². The highest BCUT2D eigenvalue weighted by atomic mass is 79.9. The molecule has 0 aliphatic heterocycles. The van der Waals surface area contributed by atoms with Crippen molar-refractivity contribution in [3.8, 4) is 0 Å². The summed E-state index contributed by atoms with van der Waals surface area (Å²) in [5.41, 5.74) is 3.25. The van der Waals surface area contributed by atoms with Crippen molar-refractivity contribution in [2.24, 2.45) is 0 Å². The van der Waals surface area contributed by atoms with Crippen LogP contribution in [0.2, 0.25) is 0 Å². The maximum absolute atomic E-state index is 5.46. The van der Waals surface area contributed by atoms with Gasteiger partial charge in [0.25, 0.3) is 0 Å². The van der Waals surface area contributed by atoms with E-state index >= 15 is 0 Å². The minimum Gasteiger partial charge on any atom is -0.362 e. The van der Waals surface area contributed by atoms with Gasteiger partial charge in [-0.2, -0.15) is 10.2 Å². The Morgan fingerprint density at radius 3 is 2.71 bits per heavy atom. The molecule has 0 bridgehead atoms. The average molecular weight is 413 g/mol. The topological polar surface area (TPSA) is 50.9 Å². The Labute approximate surface area is 157 Å². The summed E-state index contributed by atoms with van der Waals surface area (Å²) in [6.07, 6.45) is 2.97. The standard InChI is InChI=1S/C16H25BrN6S/c1-5-22-10-14(17)15(20-22)11-21(4)16(24)18-7-6-8-23-13(3)9-12(2)19-23/h9-10H,5-8,11H2,1-4H3,(H,18,24). The molecule has 0 aliphatic rings. The monoisotopic (exact) mass is 412 g/mol. The molecule has 2 rings (SSSR count). The van der Waals surface area contributed by atoms with Gasteiger partial charge in [-0.1, -0.05) is 0 Å². The number of aromatic nitrogens is 4. The van der Waals surface area contributed by atoms with Crippen LogP contribution < -0.4 is 5.32 Å². The molecule has 0 unspecified atom stereocenters. The summed E-state index contributed by atoms with van der Waals surface area (Å²) in [6, 6.07) is 2.10. The molecule has 0 spiro atoms. The molecule has 8 heteroatoms. The lowest BCUT2D eigenvalue weighted by atomic mass is 10.4. The first-order valence-electron chi connectivity index (χ1n) is 8.12. The van der Waals surface area contributed by atoms with E-state index in [2.05, 4.69) is 51.4 Å². The Bertz CT molecular complexity index is 693. The molecule has 0 atom stereocenters. The fourth-order valence-electron chi connectivity index (χ4n) is 2.46.